The van der Waals surface area contributed by atoms with E-state index in [9.17, 15) is 19.7 Å². The first-order valence-corrected chi connectivity index (χ1v) is 5.57. The van der Waals surface area contributed by atoms with Crippen molar-refractivity contribution >= 4 is 29.2 Å². The van der Waals surface area contributed by atoms with Crippen molar-refractivity contribution in [2.24, 2.45) is 0 Å². The van der Waals surface area contributed by atoms with E-state index in [0.29, 0.717) is 0 Å². The first kappa shape index (κ1) is 14.9. The van der Waals surface area contributed by atoms with Crippen molar-refractivity contribution in [1.82, 2.24) is 4.90 Å². The zero-order chi connectivity index (χ0) is 14.7. The molecule has 0 fully saturated rings. The zero-order valence-corrected chi connectivity index (χ0v) is 10.9. The highest BCUT2D eigenvalue weighted by atomic mass is 35.5. The summed E-state index contributed by atoms with van der Waals surface area (Å²) in [5, 5.41) is 19.8. The Balaban J connectivity index is 3.20. The summed E-state index contributed by atoms with van der Waals surface area (Å²) < 4.78 is 0. The maximum absolute atomic E-state index is 12.0. The highest BCUT2D eigenvalue weighted by Gasteiger charge is 2.28. The molecule has 1 rings (SSSR count). The van der Waals surface area contributed by atoms with Crippen LogP contribution in [0.1, 0.15) is 17.3 Å². The molecular formula is C11H11ClN2O5. The van der Waals surface area contributed by atoms with Gasteiger partial charge < -0.3 is 10.0 Å². The number of benzene rings is 1. The maximum Gasteiger partial charge on any atom is 0.326 e. The van der Waals surface area contributed by atoms with Gasteiger partial charge in [0.25, 0.3) is 11.6 Å². The van der Waals surface area contributed by atoms with Gasteiger partial charge in [-0.15, -0.1) is 0 Å². The summed E-state index contributed by atoms with van der Waals surface area (Å²) in [5.41, 5.74) is -0.660. The number of nitro groups is 1. The molecule has 7 nitrogen and oxygen atoms in total. The molecule has 1 amide bonds. The predicted molar refractivity (Wildman–Crippen MR) is 67.3 cm³/mol. The van der Waals surface area contributed by atoms with E-state index in [0.717, 1.165) is 11.0 Å². The molecule has 0 saturated carbocycles. The number of nitrogens with zero attached hydrogens (tertiary/aromatic N) is 2. The molecule has 1 aromatic rings. The van der Waals surface area contributed by atoms with Crippen LogP contribution >= 0.6 is 11.6 Å². The average molecular weight is 287 g/mol. The lowest BCUT2D eigenvalue weighted by molar-refractivity contribution is -0.385. The van der Waals surface area contributed by atoms with Gasteiger partial charge in [0, 0.05) is 18.1 Å². The van der Waals surface area contributed by atoms with Crippen LogP contribution in [0.5, 0.6) is 0 Å². The van der Waals surface area contributed by atoms with Crippen molar-refractivity contribution in [2.45, 2.75) is 13.0 Å². The van der Waals surface area contributed by atoms with Crippen LogP contribution in [0.25, 0.3) is 0 Å². The van der Waals surface area contributed by atoms with Gasteiger partial charge in [-0.2, -0.15) is 0 Å². The van der Waals surface area contributed by atoms with Crippen LogP contribution < -0.4 is 0 Å². The van der Waals surface area contributed by atoms with Crippen molar-refractivity contribution in [3.8, 4) is 0 Å². The summed E-state index contributed by atoms with van der Waals surface area (Å²) in [6.07, 6.45) is 0. The first-order chi connectivity index (χ1) is 8.75. The molecule has 0 saturated heterocycles. The van der Waals surface area contributed by atoms with Crippen LogP contribution in [0.15, 0.2) is 18.2 Å². The highest BCUT2D eigenvalue weighted by molar-refractivity contribution is 6.31. The van der Waals surface area contributed by atoms with Crippen molar-refractivity contribution < 1.29 is 19.6 Å². The second kappa shape index (κ2) is 5.66. The molecule has 0 heterocycles. The summed E-state index contributed by atoms with van der Waals surface area (Å²) in [7, 11) is 1.26. The summed E-state index contributed by atoms with van der Waals surface area (Å²) in [6, 6.07) is 2.49. The Morgan fingerprint density at radius 3 is 2.53 bits per heavy atom. The van der Waals surface area contributed by atoms with Crippen molar-refractivity contribution in [3.05, 3.63) is 38.9 Å². The summed E-state index contributed by atoms with van der Waals surface area (Å²) in [4.78, 5) is 33.9. The van der Waals surface area contributed by atoms with Crippen LogP contribution in [-0.4, -0.2) is 39.9 Å². The second-order valence-corrected chi connectivity index (χ2v) is 4.29. The Kier molecular flexibility index (Phi) is 4.44. The van der Waals surface area contributed by atoms with E-state index in [-0.39, 0.29) is 10.6 Å². The molecule has 8 heteroatoms. The number of hydrogen-bond acceptors (Lipinski definition) is 4. The van der Waals surface area contributed by atoms with Gasteiger partial charge in [-0.05, 0) is 19.1 Å². The number of halogens is 1. The van der Waals surface area contributed by atoms with E-state index in [2.05, 4.69) is 0 Å². The van der Waals surface area contributed by atoms with E-state index in [1.54, 1.807) is 0 Å². The molecular weight excluding hydrogens is 276 g/mol. The number of likely N-dealkylation sites (N-methyl/N-ethyl adjacent to an activating group) is 1. The number of nitro benzene ring substituents is 1. The SMILES string of the molecule is CC(C(=O)O)N(C)C(=O)c1ccc(Cl)cc1[N+](=O)[O-]. The molecule has 1 N–H and O–H groups in total. The summed E-state index contributed by atoms with van der Waals surface area (Å²) in [5.74, 6) is -1.95. The smallest absolute Gasteiger partial charge is 0.326 e. The van der Waals surface area contributed by atoms with Crippen molar-refractivity contribution in [2.75, 3.05) is 7.05 Å². The number of carbonyl (C=O) groups excluding carboxylic acids is 1. The molecule has 0 aromatic heterocycles. The standard InChI is InChI=1S/C11H11ClN2O5/c1-6(11(16)17)13(2)10(15)8-4-3-7(12)5-9(8)14(18)19/h3-6H,1-2H3,(H,16,17). The van der Waals surface area contributed by atoms with E-state index in [1.165, 1.54) is 26.1 Å². The monoisotopic (exact) mass is 286 g/mol. The van der Waals surface area contributed by atoms with Gasteiger partial charge in [0.15, 0.2) is 0 Å². The lowest BCUT2D eigenvalue weighted by atomic mass is 10.1. The Morgan fingerprint density at radius 1 is 1.47 bits per heavy atom. The van der Waals surface area contributed by atoms with E-state index >= 15 is 0 Å². The fourth-order valence-electron chi connectivity index (χ4n) is 1.37. The Morgan fingerprint density at radius 2 is 2.05 bits per heavy atom. The number of carboxylic acids is 1. The molecule has 102 valence electrons. The molecule has 0 aliphatic rings. The molecule has 19 heavy (non-hydrogen) atoms. The molecule has 0 radical (unpaired) electrons. The van der Waals surface area contributed by atoms with Crippen molar-refractivity contribution in [1.29, 1.82) is 0 Å². The van der Waals surface area contributed by atoms with Crippen LogP contribution in [-0.2, 0) is 4.79 Å². The Bertz CT molecular complexity index is 546. The highest BCUT2D eigenvalue weighted by Crippen LogP contribution is 2.24. The number of carboxylic acid groups (broad SMARTS) is 1. The minimum atomic E-state index is -1.20. The molecule has 1 unspecified atom stereocenters. The average Bonchev–Trinajstić information content (AvgIpc) is 2.35. The van der Waals surface area contributed by atoms with Crippen LogP contribution in [0.4, 0.5) is 5.69 Å². The van der Waals surface area contributed by atoms with Gasteiger partial charge in [-0.3, -0.25) is 14.9 Å². The van der Waals surface area contributed by atoms with Gasteiger partial charge in [-0.25, -0.2) is 4.79 Å². The third-order valence-corrected chi connectivity index (χ3v) is 2.88. The summed E-state index contributed by atoms with van der Waals surface area (Å²) >= 11 is 5.63. The molecule has 1 atom stereocenters. The van der Waals surface area contributed by atoms with E-state index < -0.39 is 28.5 Å². The van der Waals surface area contributed by atoms with E-state index in [1.807, 2.05) is 0 Å². The zero-order valence-electron chi connectivity index (χ0n) is 10.2. The van der Waals surface area contributed by atoms with E-state index in [4.69, 9.17) is 16.7 Å². The number of hydrogen-bond donors (Lipinski definition) is 1. The third kappa shape index (κ3) is 3.19. The van der Waals surface area contributed by atoms with Crippen LogP contribution in [0, 0.1) is 10.1 Å². The summed E-state index contributed by atoms with van der Waals surface area (Å²) in [6.45, 7) is 1.31. The molecule has 1 aromatic carbocycles. The number of aliphatic carboxylic acids is 1. The second-order valence-electron chi connectivity index (χ2n) is 3.85. The maximum atomic E-state index is 12.0. The minimum absolute atomic E-state index is 0.122. The molecule has 0 aliphatic heterocycles. The third-order valence-electron chi connectivity index (χ3n) is 2.65. The minimum Gasteiger partial charge on any atom is -0.480 e. The Labute approximate surface area is 113 Å². The fourth-order valence-corrected chi connectivity index (χ4v) is 1.53. The Hall–Kier alpha value is -2.15. The van der Waals surface area contributed by atoms with Gasteiger partial charge in [0.1, 0.15) is 11.6 Å². The topological polar surface area (TPSA) is 101 Å². The van der Waals surface area contributed by atoms with Gasteiger partial charge in [0.2, 0.25) is 0 Å². The van der Waals surface area contributed by atoms with Crippen molar-refractivity contribution in [3.63, 3.8) is 0 Å². The largest absolute Gasteiger partial charge is 0.480 e. The van der Waals surface area contributed by atoms with Gasteiger partial charge >= 0.3 is 5.97 Å². The lowest BCUT2D eigenvalue weighted by Gasteiger charge is -2.21. The first-order valence-electron chi connectivity index (χ1n) is 5.19. The fraction of sp³-hybridized carbons (Fsp3) is 0.273. The number of amides is 1. The van der Waals surface area contributed by atoms with Crippen LogP contribution in [0.3, 0.4) is 0 Å². The lowest BCUT2D eigenvalue weighted by Crippen LogP contribution is -2.40. The van der Waals surface area contributed by atoms with Gasteiger partial charge in [0.05, 0.1) is 4.92 Å². The normalized spacial score (nSPS) is 11.7. The molecule has 0 spiro atoms. The quantitative estimate of drug-likeness (QED) is 0.672. The van der Waals surface area contributed by atoms with Crippen LogP contribution in [0.2, 0.25) is 5.02 Å². The number of carbonyl (C=O) groups is 2. The molecule has 0 aliphatic carbocycles. The van der Waals surface area contributed by atoms with Gasteiger partial charge in [-0.1, -0.05) is 11.6 Å². The number of rotatable bonds is 4. The predicted octanol–water partition coefficient (Wildman–Crippen LogP) is 1.79. The molecule has 0 bridgehead atoms.